The highest BCUT2D eigenvalue weighted by atomic mass is 14.9. The Balaban J connectivity index is 2.74. The van der Waals surface area contributed by atoms with E-state index in [1.54, 1.807) is 0 Å². The Kier molecular flexibility index (Phi) is 4.35. The molecule has 1 aromatic carbocycles. The highest BCUT2D eigenvalue weighted by Gasteiger charge is 2.09. The molecule has 1 rings (SSSR count). The van der Waals surface area contributed by atoms with E-state index in [2.05, 4.69) is 26.1 Å². The summed E-state index contributed by atoms with van der Waals surface area (Å²) in [5, 5.41) is 10.8. The molecular formula is C13H21N3. The lowest BCUT2D eigenvalue weighted by Crippen LogP contribution is -2.23. The molecule has 0 bridgehead atoms. The van der Waals surface area contributed by atoms with Crippen LogP contribution in [0.5, 0.6) is 0 Å². The van der Waals surface area contributed by atoms with Gasteiger partial charge in [0.05, 0.1) is 0 Å². The highest BCUT2D eigenvalue weighted by molar-refractivity contribution is 5.95. The van der Waals surface area contributed by atoms with Gasteiger partial charge in [-0.05, 0) is 25.0 Å². The lowest BCUT2D eigenvalue weighted by Gasteiger charge is -2.21. The minimum atomic E-state index is 0.111. The number of rotatable bonds is 5. The summed E-state index contributed by atoms with van der Waals surface area (Å²) in [6.45, 7) is 6.59. The second-order valence-electron chi connectivity index (χ2n) is 4.31. The molecule has 0 heterocycles. The van der Waals surface area contributed by atoms with Gasteiger partial charge >= 0.3 is 0 Å². The molecule has 0 saturated heterocycles. The van der Waals surface area contributed by atoms with E-state index in [1.807, 2.05) is 24.3 Å². The van der Waals surface area contributed by atoms with Gasteiger partial charge in [-0.1, -0.05) is 32.4 Å². The van der Waals surface area contributed by atoms with Gasteiger partial charge < -0.3 is 11.1 Å². The fourth-order valence-electron chi connectivity index (χ4n) is 1.54. The maximum absolute atomic E-state index is 7.39. The number of nitrogen functional groups attached to an aromatic ring is 1. The van der Waals surface area contributed by atoms with Gasteiger partial charge in [0.2, 0.25) is 0 Å². The number of anilines is 1. The molecule has 16 heavy (non-hydrogen) atoms. The van der Waals surface area contributed by atoms with Gasteiger partial charge in [0.25, 0.3) is 0 Å². The third kappa shape index (κ3) is 3.26. The summed E-state index contributed by atoms with van der Waals surface area (Å²) in [4.78, 5) is 0. The Morgan fingerprint density at radius 2 is 2.12 bits per heavy atom. The molecule has 1 unspecified atom stereocenters. The number of nitrogens with one attached hydrogen (secondary N) is 2. The Morgan fingerprint density at radius 3 is 2.69 bits per heavy atom. The lowest BCUT2D eigenvalue weighted by molar-refractivity contribution is 0.494. The fraction of sp³-hybridized carbons (Fsp3) is 0.462. The van der Waals surface area contributed by atoms with Crippen molar-refractivity contribution in [3.63, 3.8) is 0 Å². The molecule has 0 aliphatic rings. The van der Waals surface area contributed by atoms with Crippen LogP contribution in [0.4, 0.5) is 5.69 Å². The van der Waals surface area contributed by atoms with Crippen molar-refractivity contribution in [1.82, 2.24) is 0 Å². The molecule has 88 valence electrons. The van der Waals surface area contributed by atoms with Crippen LogP contribution in [-0.4, -0.2) is 11.9 Å². The van der Waals surface area contributed by atoms with Gasteiger partial charge in [-0.2, -0.15) is 0 Å². The van der Waals surface area contributed by atoms with Gasteiger partial charge in [0.15, 0.2) is 0 Å². The third-order valence-electron chi connectivity index (χ3n) is 3.07. The van der Waals surface area contributed by atoms with Crippen LogP contribution in [0.3, 0.4) is 0 Å². The summed E-state index contributed by atoms with van der Waals surface area (Å²) < 4.78 is 0. The third-order valence-corrected chi connectivity index (χ3v) is 3.07. The smallest absolute Gasteiger partial charge is 0.122 e. The van der Waals surface area contributed by atoms with E-state index in [1.165, 1.54) is 0 Å². The Morgan fingerprint density at radius 1 is 1.44 bits per heavy atom. The van der Waals surface area contributed by atoms with E-state index >= 15 is 0 Å². The van der Waals surface area contributed by atoms with Crippen molar-refractivity contribution < 1.29 is 0 Å². The molecule has 2 atom stereocenters. The number of amidine groups is 1. The van der Waals surface area contributed by atoms with Crippen molar-refractivity contribution in [3.8, 4) is 0 Å². The summed E-state index contributed by atoms with van der Waals surface area (Å²) in [5.41, 5.74) is 7.25. The van der Waals surface area contributed by atoms with E-state index < -0.39 is 0 Å². The first-order chi connectivity index (χ1) is 7.54. The fourth-order valence-corrected chi connectivity index (χ4v) is 1.54. The average Bonchev–Trinajstić information content (AvgIpc) is 2.28. The summed E-state index contributed by atoms with van der Waals surface area (Å²) in [7, 11) is 0. The zero-order chi connectivity index (χ0) is 12.1. The van der Waals surface area contributed by atoms with Crippen LogP contribution >= 0.6 is 0 Å². The monoisotopic (exact) mass is 219 g/mol. The number of hydrogen-bond donors (Lipinski definition) is 3. The van der Waals surface area contributed by atoms with Gasteiger partial charge in [0.1, 0.15) is 5.84 Å². The highest BCUT2D eigenvalue weighted by Crippen LogP contribution is 2.16. The molecule has 0 aliphatic carbocycles. The molecule has 0 radical (unpaired) electrons. The number of nitrogens with two attached hydrogens (primary N) is 1. The zero-order valence-electron chi connectivity index (χ0n) is 10.2. The maximum atomic E-state index is 7.39. The minimum absolute atomic E-state index is 0.111. The second kappa shape index (κ2) is 5.54. The summed E-state index contributed by atoms with van der Waals surface area (Å²) in [6, 6.07) is 8.11. The predicted octanol–water partition coefficient (Wildman–Crippen LogP) is 2.82. The molecule has 4 N–H and O–H groups in total. The van der Waals surface area contributed by atoms with E-state index in [-0.39, 0.29) is 5.84 Å². The number of benzene rings is 1. The van der Waals surface area contributed by atoms with Crippen molar-refractivity contribution in [2.75, 3.05) is 5.32 Å². The van der Waals surface area contributed by atoms with Crippen LogP contribution in [0, 0.1) is 11.3 Å². The standard InChI is InChI=1S/C13H21N3/c1-4-9(2)10(3)16-12-7-5-6-11(8-12)13(14)15/h5-10,16H,4H2,1-3H3,(H3,14,15)/t9?,10-/m0/s1. The Labute approximate surface area is 97.6 Å². The van der Waals surface area contributed by atoms with Crippen LogP contribution in [0.25, 0.3) is 0 Å². The largest absolute Gasteiger partial charge is 0.384 e. The molecule has 0 saturated carbocycles. The maximum Gasteiger partial charge on any atom is 0.122 e. The quantitative estimate of drug-likeness (QED) is 0.526. The SMILES string of the molecule is CCC(C)[C@H](C)Nc1cccc(C(=N)N)c1. The lowest BCUT2D eigenvalue weighted by atomic mass is 10.0. The molecular weight excluding hydrogens is 198 g/mol. The zero-order valence-corrected chi connectivity index (χ0v) is 10.2. The van der Waals surface area contributed by atoms with E-state index in [9.17, 15) is 0 Å². The van der Waals surface area contributed by atoms with E-state index in [0.717, 1.165) is 17.7 Å². The van der Waals surface area contributed by atoms with Gasteiger partial charge in [-0.15, -0.1) is 0 Å². The van der Waals surface area contributed by atoms with Crippen molar-refractivity contribution in [2.45, 2.75) is 33.2 Å². The predicted molar refractivity (Wildman–Crippen MR) is 70.0 cm³/mol. The molecule has 0 aromatic heterocycles. The first kappa shape index (κ1) is 12.6. The second-order valence-corrected chi connectivity index (χ2v) is 4.31. The van der Waals surface area contributed by atoms with Gasteiger partial charge in [0, 0.05) is 17.3 Å². The summed E-state index contributed by atoms with van der Waals surface area (Å²) in [6.07, 6.45) is 1.15. The van der Waals surface area contributed by atoms with Crippen LogP contribution in [-0.2, 0) is 0 Å². The van der Waals surface area contributed by atoms with Crippen molar-refractivity contribution in [3.05, 3.63) is 29.8 Å². The Hall–Kier alpha value is -1.51. The van der Waals surface area contributed by atoms with Crippen LogP contribution in [0.15, 0.2) is 24.3 Å². The van der Waals surface area contributed by atoms with Crippen LogP contribution in [0.1, 0.15) is 32.8 Å². The van der Waals surface area contributed by atoms with Crippen molar-refractivity contribution in [1.29, 1.82) is 5.41 Å². The van der Waals surface area contributed by atoms with Crippen LogP contribution < -0.4 is 11.1 Å². The molecule has 0 fully saturated rings. The van der Waals surface area contributed by atoms with Crippen LogP contribution in [0.2, 0.25) is 0 Å². The first-order valence-corrected chi connectivity index (χ1v) is 5.75. The molecule has 3 nitrogen and oxygen atoms in total. The van der Waals surface area contributed by atoms with Crippen molar-refractivity contribution >= 4 is 11.5 Å². The summed E-state index contributed by atoms with van der Waals surface area (Å²) in [5.74, 6) is 0.737. The topological polar surface area (TPSA) is 61.9 Å². The molecule has 3 heteroatoms. The molecule has 0 amide bonds. The average molecular weight is 219 g/mol. The molecule has 1 aromatic rings. The first-order valence-electron chi connectivity index (χ1n) is 5.75. The minimum Gasteiger partial charge on any atom is -0.384 e. The van der Waals surface area contributed by atoms with Crippen molar-refractivity contribution in [2.24, 2.45) is 11.7 Å². The molecule has 0 spiro atoms. The Bertz CT molecular complexity index is 360. The van der Waals surface area contributed by atoms with Gasteiger partial charge in [-0.3, -0.25) is 5.41 Å². The van der Waals surface area contributed by atoms with E-state index in [0.29, 0.717) is 12.0 Å². The normalized spacial score (nSPS) is 14.2. The van der Waals surface area contributed by atoms with Gasteiger partial charge in [-0.25, -0.2) is 0 Å². The molecule has 0 aliphatic heterocycles. The van der Waals surface area contributed by atoms with E-state index in [4.69, 9.17) is 11.1 Å². The summed E-state index contributed by atoms with van der Waals surface area (Å²) >= 11 is 0. The number of hydrogen-bond acceptors (Lipinski definition) is 2.